The highest BCUT2D eigenvalue weighted by Crippen LogP contribution is 2.35. The van der Waals surface area contributed by atoms with Crippen molar-refractivity contribution in [3.63, 3.8) is 0 Å². The molecular formula is C49H63N7O6. The summed E-state index contributed by atoms with van der Waals surface area (Å²) in [5.74, 6) is 2.18. The number of carbonyl (C=O) groups excluding carboxylic acids is 2. The second-order valence-corrected chi connectivity index (χ2v) is 17.1. The van der Waals surface area contributed by atoms with Crippen LogP contribution in [0.2, 0.25) is 0 Å². The monoisotopic (exact) mass is 845 g/mol. The van der Waals surface area contributed by atoms with Gasteiger partial charge in [-0.15, -0.1) is 0 Å². The van der Waals surface area contributed by atoms with Gasteiger partial charge in [-0.2, -0.15) is 0 Å². The number of hydrogen-bond donors (Lipinski definition) is 3. The number of likely N-dealkylation sites (tertiary alicyclic amines) is 2. The van der Waals surface area contributed by atoms with Gasteiger partial charge < -0.3 is 44.4 Å². The Balaban J connectivity index is 0.686. The van der Waals surface area contributed by atoms with Gasteiger partial charge in [0.1, 0.15) is 25.0 Å². The molecule has 1 saturated carbocycles. The third-order valence-corrected chi connectivity index (χ3v) is 13.2. The van der Waals surface area contributed by atoms with Crippen LogP contribution in [0.25, 0.3) is 32.9 Å². The van der Waals surface area contributed by atoms with Crippen LogP contribution >= 0.6 is 0 Å². The summed E-state index contributed by atoms with van der Waals surface area (Å²) in [4.78, 5) is 44.0. The molecule has 3 N–H and O–H groups in total. The molecule has 2 aliphatic heterocycles. The van der Waals surface area contributed by atoms with Crippen LogP contribution in [0.3, 0.4) is 0 Å². The van der Waals surface area contributed by atoms with Crippen LogP contribution in [-0.2, 0) is 25.5 Å². The Bertz CT molecular complexity index is 2210. The Hall–Kier alpha value is -5.08. The number of rotatable bonds is 20. The molecule has 0 spiro atoms. The molecule has 13 nitrogen and oxygen atoms in total. The maximum absolute atomic E-state index is 14.2. The Morgan fingerprint density at radius 3 is 2.34 bits per heavy atom. The predicted molar refractivity (Wildman–Crippen MR) is 241 cm³/mol. The van der Waals surface area contributed by atoms with E-state index in [1.165, 1.54) is 12.0 Å². The second kappa shape index (κ2) is 21.3. The van der Waals surface area contributed by atoms with E-state index in [0.29, 0.717) is 51.4 Å². The summed E-state index contributed by atoms with van der Waals surface area (Å²) < 4.78 is 23.1. The lowest BCUT2D eigenvalue weighted by Crippen LogP contribution is -2.58. The molecule has 4 atom stereocenters. The van der Waals surface area contributed by atoms with E-state index in [-0.39, 0.29) is 29.8 Å². The van der Waals surface area contributed by atoms with Crippen LogP contribution in [0.1, 0.15) is 57.4 Å². The predicted octanol–water partition coefficient (Wildman–Crippen LogP) is 6.41. The quantitative estimate of drug-likeness (QED) is 0.0753. The van der Waals surface area contributed by atoms with E-state index in [1.807, 2.05) is 49.6 Å². The van der Waals surface area contributed by atoms with Gasteiger partial charge in [0.15, 0.2) is 0 Å². The lowest BCUT2D eigenvalue weighted by atomic mass is 9.83. The summed E-state index contributed by atoms with van der Waals surface area (Å²) in [5.41, 5.74) is 5.51. The van der Waals surface area contributed by atoms with Gasteiger partial charge in [-0.3, -0.25) is 14.6 Å². The van der Waals surface area contributed by atoms with Gasteiger partial charge in [0, 0.05) is 77.7 Å². The van der Waals surface area contributed by atoms with Crippen molar-refractivity contribution in [1.29, 1.82) is 0 Å². The molecule has 3 fully saturated rings. The highest BCUT2D eigenvalue weighted by Gasteiger charge is 2.44. The van der Waals surface area contributed by atoms with Gasteiger partial charge in [-0.05, 0) is 106 Å². The van der Waals surface area contributed by atoms with Crippen LogP contribution in [0.5, 0.6) is 11.6 Å². The van der Waals surface area contributed by atoms with Crippen molar-refractivity contribution in [2.75, 3.05) is 72.9 Å². The number of hydrogen-bond acceptors (Lipinski definition) is 10. The molecular weight excluding hydrogens is 783 g/mol. The Morgan fingerprint density at radius 1 is 0.806 bits per heavy atom. The second-order valence-electron chi connectivity index (χ2n) is 17.1. The zero-order valence-electron chi connectivity index (χ0n) is 36.4. The number of fused-ring (bicyclic) bond motifs is 4. The number of benzene rings is 2. The Labute approximate surface area is 365 Å². The minimum Gasteiger partial charge on any atom is -0.491 e. The molecule has 0 unspecified atom stereocenters. The summed E-state index contributed by atoms with van der Waals surface area (Å²) in [6.07, 6.45) is 14.1. The summed E-state index contributed by atoms with van der Waals surface area (Å²) in [6.45, 7) is 8.27. The number of pyridine rings is 2. The van der Waals surface area contributed by atoms with E-state index in [9.17, 15) is 9.59 Å². The van der Waals surface area contributed by atoms with Crippen molar-refractivity contribution in [1.82, 2.24) is 35.4 Å². The minimum absolute atomic E-state index is 0.0884. The lowest BCUT2D eigenvalue weighted by Gasteiger charge is -2.41. The van der Waals surface area contributed by atoms with Crippen molar-refractivity contribution >= 4 is 33.6 Å². The first-order chi connectivity index (χ1) is 30.4. The number of nitrogens with one attached hydrogen (secondary N) is 3. The van der Waals surface area contributed by atoms with E-state index in [1.54, 1.807) is 13.2 Å². The fourth-order valence-electron chi connectivity index (χ4n) is 9.47. The third kappa shape index (κ3) is 10.9. The van der Waals surface area contributed by atoms with Crippen molar-refractivity contribution < 1.29 is 28.5 Å². The standard InChI is InChI=1S/C49H63N7O6/c1-34(50-2)48(57)54-47(37-6-4-3-5-7-37)49(58)56-23-19-36-18-22-55(33-45(36)56)21-17-35-8-12-40(13-9-35)61-28-26-59-24-25-60-27-29-62-46-15-11-39(31-52-46)38-10-14-41-42-32-51-20-16-43(42)53-44(41)30-38/h8-16,20,30-32,34,36-37,45,47,50,53H,3-7,17-19,21-29,33H2,1-2H3,(H,54,57)/t34-,36+,45+,47-/m0/s1. The molecule has 2 saturated heterocycles. The van der Waals surface area contributed by atoms with E-state index < -0.39 is 6.04 Å². The summed E-state index contributed by atoms with van der Waals surface area (Å²) in [7, 11) is 1.78. The van der Waals surface area contributed by atoms with Crippen LogP contribution in [0.4, 0.5) is 0 Å². The van der Waals surface area contributed by atoms with E-state index >= 15 is 0 Å². The van der Waals surface area contributed by atoms with Gasteiger partial charge in [0.25, 0.3) is 0 Å². The van der Waals surface area contributed by atoms with Crippen molar-refractivity contribution in [2.45, 2.75) is 76.4 Å². The summed E-state index contributed by atoms with van der Waals surface area (Å²) >= 11 is 0. The number of carbonyl (C=O) groups is 2. The van der Waals surface area contributed by atoms with Crippen molar-refractivity contribution in [3.8, 4) is 22.8 Å². The zero-order chi connectivity index (χ0) is 42.7. The van der Waals surface area contributed by atoms with E-state index in [4.69, 9.17) is 18.9 Å². The van der Waals surface area contributed by atoms with Crippen LogP contribution in [0, 0.1) is 11.8 Å². The van der Waals surface area contributed by atoms with Gasteiger partial charge >= 0.3 is 0 Å². The van der Waals surface area contributed by atoms with Gasteiger partial charge in [-0.25, -0.2) is 4.98 Å². The molecule has 0 bridgehead atoms. The molecule has 62 heavy (non-hydrogen) atoms. The average Bonchev–Trinajstić information content (AvgIpc) is 3.92. The topological polar surface area (TPSA) is 143 Å². The summed E-state index contributed by atoms with van der Waals surface area (Å²) in [5, 5.41) is 8.48. The molecule has 5 aromatic rings. The smallest absolute Gasteiger partial charge is 0.245 e. The van der Waals surface area contributed by atoms with Crippen molar-refractivity contribution in [2.24, 2.45) is 11.8 Å². The molecule has 1 aliphatic carbocycles. The fourth-order valence-corrected chi connectivity index (χ4v) is 9.47. The first-order valence-electron chi connectivity index (χ1n) is 22.8. The maximum Gasteiger partial charge on any atom is 0.245 e. The van der Waals surface area contributed by atoms with Gasteiger partial charge in [0.2, 0.25) is 17.7 Å². The normalized spacial score (nSPS) is 19.4. The van der Waals surface area contributed by atoms with Gasteiger partial charge in [0.05, 0.1) is 32.5 Å². The Morgan fingerprint density at radius 2 is 1.56 bits per heavy atom. The number of aromatic amines is 1. The molecule has 3 aliphatic rings. The number of likely N-dealkylation sites (N-methyl/N-ethyl adjacent to an activating group) is 1. The largest absolute Gasteiger partial charge is 0.491 e. The van der Waals surface area contributed by atoms with E-state index in [0.717, 1.165) is 110 Å². The molecule has 13 heteroatoms. The number of piperidine rings is 1. The third-order valence-electron chi connectivity index (χ3n) is 13.2. The molecule has 2 amide bonds. The molecule has 2 aromatic carbocycles. The molecule has 0 radical (unpaired) electrons. The number of amides is 2. The first kappa shape index (κ1) is 43.6. The number of aromatic nitrogens is 3. The van der Waals surface area contributed by atoms with Crippen LogP contribution < -0.4 is 20.1 Å². The lowest BCUT2D eigenvalue weighted by molar-refractivity contribution is -0.140. The molecule has 330 valence electrons. The minimum atomic E-state index is -0.432. The van der Waals surface area contributed by atoms with Crippen LogP contribution in [-0.4, -0.2) is 128 Å². The molecule has 5 heterocycles. The van der Waals surface area contributed by atoms with E-state index in [2.05, 4.69) is 65.7 Å². The van der Waals surface area contributed by atoms with Gasteiger partial charge in [-0.1, -0.05) is 43.5 Å². The maximum atomic E-state index is 14.2. The number of ether oxygens (including phenoxy) is 4. The fraction of sp³-hybridized carbons (Fsp3) is 0.510. The average molecular weight is 846 g/mol. The summed E-state index contributed by atoms with van der Waals surface area (Å²) in [6, 6.07) is 20.0. The van der Waals surface area contributed by atoms with Crippen molar-refractivity contribution in [3.05, 3.63) is 84.8 Å². The Kier molecular flexibility index (Phi) is 15.0. The number of nitrogens with zero attached hydrogens (tertiary/aromatic N) is 4. The highest BCUT2D eigenvalue weighted by molar-refractivity contribution is 6.07. The first-order valence-corrected chi connectivity index (χ1v) is 22.8. The molecule has 8 rings (SSSR count). The SMILES string of the molecule is CN[C@@H](C)C(=O)N[C@H](C(=O)N1CC[C@H]2CCN(CCc3ccc(OCCOCCOCCOc4ccc(-c5ccc6c(c5)[nH]c5ccncc56)cn4)cc3)C[C@H]21)C1CCCCC1. The van der Waals surface area contributed by atoms with Crippen LogP contribution in [0.15, 0.2) is 79.3 Å². The number of H-pyrrole nitrogens is 1. The zero-order valence-corrected chi connectivity index (χ0v) is 36.4. The highest BCUT2D eigenvalue weighted by atomic mass is 16.6. The molecule has 3 aromatic heterocycles.